The Morgan fingerprint density at radius 1 is 1.44 bits per heavy atom. The molecule has 1 N–H and O–H groups in total. The van der Waals surface area contributed by atoms with Crippen molar-refractivity contribution < 1.29 is 9.47 Å². The lowest BCUT2D eigenvalue weighted by atomic mass is 10.1. The molecular weight excluding hydrogens is 318 g/mol. The lowest BCUT2D eigenvalue weighted by Gasteiger charge is -2.25. The van der Waals surface area contributed by atoms with Crippen LogP contribution in [0.2, 0.25) is 5.02 Å². The zero-order chi connectivity index (χ0) is 13.0. The molecule has 0 unspecified atom stereocenters. The van der Waals surface area contributed by atoms with Crippen molar-refractivity contribution in [2.45, 2.75) is 25.8 Å². The summed E-state index contributed by atoms with van der Waals surface area (Å²) in [5.74, 6) is 0.827. The molecule has 1 aliphatic rings. The summed E-state index contributed by atoms with van der Waals surface area (Å²) in [6, 6.07) is 4.18. The third-order valence-corrected chi connectivity index (χ3v) is 3.69. The van der Waals surface area contributed by atoms with Crippen LogP contribution < -0.4 is 10.1 Å². The standard InChI is InChI=1S/C13H17BrClNO2/c1-2-18-13-11(14)7-9(15)8-12(13)16-10-3-5-17-6-4-10/h7-8,10,16H,2-6H2,1H3. The molecule has 0 aromatic heterocycles. The molecule has 1 aliphatic heterocycles. The molecule has 5 heteroatoms. The molecule has 3 nitrogen and oxygen atoms in total. The van der Waals surface area contributed by atoms with Gasteiger partial charge in [-0.3, -0.25) is 0 Å². The van der Waals surface area contributed by atoms with E-state index in [0.29, 0.717) is 17.7 Å². The minimum atomic E-state index is 0.420. The zero-order valence-corrected chi connectivity index (χ0v) is 12.7. The van der Waals surface area contributed by atoms with Crippen LogP contribution in [-0.4, -0.2) is 25.9 Å². The third kappa shape index (κ3) is 3.53. The number of rotatable bonds is 4. The van der Waals surface area contributed by atoms with Crippen molar-refractivity contribution >= 4 is 33.2 Å². The maximum Gasteiger partial charge on any atom is 0.156 e. The van der Waals surface area contributed by atoms with Gasteiger partial charge in [0.05, 0.1) is 16.8 Å². The summed E-state index contributed by atoms with van der Waals surface area (Å²) in [6.45, 7) is 4.22. The molecule has 0 amide bonds. The monoisotopic (exact) mass is 333 g/mol. The molecule has 1 fully saturated rings. The van der Waals surface area contributed by atoms with Crippen molar-refractivity contribution in [3.63, 3.8) is 0 Å². The number of hydrogen-bond donors (Lipinski definition) is 1. The molecule has 1 aromatic rings. The summed E-state index contributed by atoms with van der Waals surface area (Å²) < 4.78 is 11.9. The molecule has 100 valence electrons. The average molecular weight is 335 g/mol. The topological polar surface area (TPSA) is 30.5 Å². The van der Waals surface area contributed by atoms with Gasteiger partial charge < -0.3 is 14.8 Å². The van der Waals surface area contributed by atoms with Crippen molar-refractivity contribution in [3.05, 3.63) is 21.6 Å². The van der Waals surface area contributed by atoms with E-state index in [1.807, 2.05) is 19.1 Å². The fourth-order valence-corrected chi connectivity index (χ4v) is 2.95. The minimum absolute atomic E-state index is 0.420. The number of hydrogen-bond acceptors (Lipinski definition) is 3. The van der Waals surface area contributed by atoms with Gasteiger partial charge >= 0.3 is 0 Å². The molecule has 0 bridgehead atoms. The van der Waals surface area contributed by atoms with Gasteiger partial charge in [0.15, 0.2) is 5.75 Å². The predicted molar refractivity (Wildman–Crippen MR) is 77.8 cm³/mol. The van der Waals surface area contributed by atoms with Gasteiger partial charge in [0, 0.05) is 24.3 Å². The normalized spacial score (nSPS) is 16.6. The Hall–Kier alpha value is -0.450. The van der Waals surface area contributed by atoms with E-state index in [4.69, 9.17) is 21.1 Å². The first-order chi connectivity index (χ1) is 8.70. The molecule has 2 rings (SSSR count). The van der Waals surface area contributed by atoms with Crippen LogP contribution in [0.4, 0.5) is 5.69 Å². The summed E-state index contributed by atoms with van der Waals surface area (Å²) in [6.07, 6.45) is 2.02. The first kappa shape index (κ1) is 14.0. The van der Waals surface area contributed by atoms with Gasteiger partial charge in [-0.2, -0.15) is 0 Å². The van der Waals surface area contributed by atoms with Gasteiger partial charge in [0.2, 0.25) is 0 Å². The zero-order valence-electron chi connectivity index (χ0n) is 10.3. The highest BCUT2D eigenvalue weighted by Crippen LogP contribution is 2.37. The number of halogens is 2. The second-order valence-electron chi connectivity index (χ2n) is 4.23. The van der Waals surface area contributed by atoms with Gasteiger partial charge in [-0.15, -0.1) is 0 Å². The number of ether oxygens (including phenoxy) is 2. The van der Waals surface area contributed by atoms with Crippen LogP contribution in [0, 0.1) is 0 Å². The fourth-order valence-electron chi connectivity index (χ4n) is 2.02. The van der Waals surface area contributed by atoms with E-state index in [1.165, 1.54) is 0 Å². The molecule has 1 aromatic carbocycles. The highest BCUT2D eigenvalue weighted by molar-refractivity contribution is 9.10. The van der Waals surface area contributed by atoms with Gasteiger partial charge in [-0.05, 0) is 47.8 Å². The van der Waals surface area contributed by atoms with Crippen LogP contribution in [-0.2, 0) is 4.74 Å². The number of benzene rings is 1. The summed E-state index contributed by atoms with van der Waals surface area (Å²) in [5, 5.41) is 4.19. The second-order valence-corrected chi connectivity index (χ2v) is 5.52. The Kier molecular flexibility index (Phi) is 5.15. The maximum absolute atomic E-state index is 6.09. The quantitative estimate of drug-likeness (QED) is 0.899. The molecule has 1 saturated heterocycles. The Bertz CT molecular complexity index is 408. The van der Waals surface area contributed by atoms with Crippen LogP contribution in [0.25, 0.3) is 0 Å². The van der Waals surface area contributed by atoms with E-state index in [-0.39, 0.29) is 0 Å². The van der Waals surface area contributed by atoms with Gasteiger partial charge in [-0.25, -0.2) is 0 Å². The van der Waals surface area contributed by atoms with E-state index in [0.717, 1.165) is 42.0 Å². The Morgan fingerprint density at radius 3 is 2.83 bits per heavy atom. The van der Waals surface area contributed by atoms with E-state index < -0.39 is 0 Å². The molecule has 0 radical (unpaired) electrons. The van der Waals surface area contributed by atoms with Crippen molar-refractivity contribution in [2.24, 2.45) is 0 Å². The van der Waals surface area contributed by atoms with Crippen LogP contribution in [0.5, 0.6) is 5.75 Å². The fraction of sp³-hybridized carbons (Fsp3) is 0.538. The highest BCUT2D eigenvalue weighted by atomic mass is 79.9. The molecule has 0 aliphatic carbocycles. The highest BCUT2D eigenvalue weighted by Gasteiger charge is 2.17. The van der Waals surface area contributed by atoms with Crippen molar-refractivity contribution in [1.29, 1.82) is 0 Å². The third-order valence-electron chi connectivity index (χ3n) is 2.88. The SMILES string of the molecule is CCOc1c(Br)cc(Cl)cc1NC1CCOCC1. The van der Waals surface area contributed by atoms with E-state index in [1.54, 1.807) is 0 Å². The van der Waals surface area contributed by atoms with Gasteiger partial charge in [-0.1, -0.05) is 11.6 Å². The first-order valence-electron chi connectivity index (χ1n) is 6.17. The van der Waals surface area contributed by atoms with Crippen LogP contribution in [0.15, 0.2) is 16.6 Å². The molecule has 1 heterocycles. The average Bonchev–Trinajstić information content (AvgIpc) is 2.35. The van der Waals surface area contributed by atoms with Crippen molar-refractivity contribution in [1.82, 2.24) is 0 Å². The van der Waals surface area contributed by atoms with E-state index in [9.17, 15) is 0 Å². The number of anilines is 1. The van der Waals surface area contributed by atoms with Crippen molar-refractivity contribution in [3.8, 4) is 5.75 Å². The van der Waals surface area contributed by atoms with E-state index >= 15 is 0 Å². The Morgan fingerprint density at radius 2 is 2.17 bits per heavy atom. The predicted octanol–water partition coefficient (Wildman–Crippen LogP) is 4.09. The summed E-state index contributed by atoms with van der Waals surface area (Å²) in [7, 11) is 0. The van der Waals surface area contributed by atoms with Crippen LogP contribution >= 0.6 is 27.5 Å². The van der Waals surface area contributed by atoms with Crippen molar-refractivity contribution in [2.75, 3.05) is 25.1 Å². The molecule has 0 atom stereocenters. The summed E-state index contributed by atoms with van der Waals surface area (Å²) >= 11 is 9.58. The lowest BCUT2D eigenvalue weighted by molar-refractivity contribution is 0.0904. The van der Waals surface area contributed by atoms with Gasteiger partial charge in [0.1, 0.15) is 0 Å². The maximum atomic E-state index is 6.09. The Labute approximate surface area is 121 Å². The summed E-state index contributed by atoms with van der Waals surface area (Å²) in [5.41, 5.74) is 0.947. The van der Waals surface area contributed by atoms with Crippen LogP contribution in [0.3, 0.4) is 0 Å². The molecular formula is C13H17BrClNO2. The van der Waals surface area contributed by atoms with Crippen LogP contribution in [0.1, 0.15) is 19.8 Å². The second kappa shape index (κ2) is 6.64. The lowest BCUT2D eigenvalue weighted by Crippen LogP contribution is -2.28. The molecule has 0 saturated carbocycles. The minimum Gasteiger partial charge on any atom is -0.491 e. The largest absolute Gasteiger partial charge is 0.491 e. The van der Waals surface area contributed by atoms with Gasteiger partial charge in [0.25, 0.3) is 0 Å². The first-order valence-corrected chi connectivity index (χ1v) is 7.34. The molecule has 18 heavy (non-hydrogen) atoms. The Balaban J connectivity index is 2.18. The number of nitrogens with one attached hydrogen (secondary N) is 1. The van der Waals surface area contributed by atoms with E-state index in [2.05, 4.69) is 21.2 Å². The smallest absolute Gasteiger partial charge is 0.156 e. The summed E-state index contributed by atoms with van der Waals surface area (Å²) in [4.78, 5) is 0. The molecule has 0 spiro atoms.